The molecule has 0 aliphatic heterocycles. The van der Waals surface area contributed by atoms with Crippen LogP contribution in [0, 0.1) is 10.1 Å². The molecule has 2 N–H and O–H groups in total. The summed E-state index contributed by atoms with van der Waals surface area (Å²) in [7, 11) is 3.83. The highest BCUT2D eigenvalue weighted by molar-refractivity contribution is 6.05. The fourth-order valence-corrected chi connectivity index (χ4v) is 2.96. The van der Waals surface area contributed by atoms with Gasteiger partial charge in [-0.05, 0) is 42.0 Å². The van der Waals surface area contributed by atoms with Crippen LogP contribution in [0.5, 0.6) is 0 Å². The predicted octanol–water partition coefficient (Wildman–Crippen LogP) is 3.58. The normalized spacial score (nSPS) is 11.2. The average Bonchev–Trinajstić information content (AvgIpc) is 2.84. The molecule has 0 spiro atoms. The van der Waals surface area contributed by atoms with Crippen molar-refractivity contribution in [2.75, 3.05) is 19.0 Å². The summed E-state index contributed by atoms with van der Waals surface area (Å²) in [5.74, 6) is -1.15. The van der Waals surface area contributed by atoms with Gasteiger partial charge in [0.15, 0.2) is 0 Å². The maximum absolute atomic E-state index is 12.8. The summed E-state index contributed by atoms with van der Waals surface area (Å²) in [4.78, 5) is 38.1. The van der Waals surface area contributed by atoms with Gasteiger partial charge in [0, 0.05) is 31.4 Å². The largest absolute Gasteiger partial charge is 0.378 e. The van der Waals surface area contributed by atoms with Crippen molar-refractivity contribution >= 4 is 35.5 Å². The molecule has 0 aromatic heterocycles. The van der Waals surface area contributed by atoms with E-state index in [9.17, 15) is 19.7 Å². The van der Waals surface area contributed by atoms with Gasteiger partial charge in [0.25, 0.3) is 17.5 Å². The van der Waals surface area contributed by atoms with Crippen LogP contribution in [0.1, 0.15) is 21.5 Å². The van der Waals surface area contributed by atoms with Crippen LogP contribution in [0.15, 0.2) is 89.7 Å². The first-order chi connectivity index (χ1) is 16.3. The number of rotatable bonds is 8. The van der Waals surface area contributed by atoms with Crippen LogP contribution in [-0.4, -0.2) is 37.0 Å². The second kappa shape index (κ2) is 11.2. The third-order valence-electron chi connectivity index (χ3n) is 4.75. The molecule has 34 heavy (non-hydrogen) atoms. The number of anilines is 1. The Balaban J connectivity index is 1.84. The van der Waals surface area contributed by atoms with Crippen LogP contribution in [-0.2, 0) is 4.79 Å². The summed E-state index contributed by atoms with van der Waals surface area (Å²) in [6.45, 7) is 0. The van der Waals surface area contributed by atoms with Gasteiger partial charge in [-0.25, -0.2) is 5.43 Å². The zero-order valence-corrected chi connectivity index (χ0v) is 18.6. The minimum Gasteiger partial charge on any atom is -0.378 e. The second-order valence-electron chi connectivity index (χ2n) is 7.38. The molecule has 0 aliphatic carbocycles. The van der Waals surface area contributed by atoms with Crippen LogP contribution in [0.25, 0.3) is 6.08 Å². The summed E-state index contributed by atoms with van der Waals surface area (Å²) in [6.07, 6.45) is 2.70. The average molecular weight is 457 g/mol. The first-order valence-corrected chi connectivity index (χ1v) is 10.3. The van der Waals surface area contributed by atoms with Gasteiger partial charge in [-0.15, -0.1) is 0 Å². The third kappa shape index (κ3) is 6.36. The van der Waals surface area contributed by atoms with Crippen LogP contribution in [0.2, 0.25) is 0 Å². The molecule has 0 unspecified atom stereocenters. The van der Waals surface area contributed by atoms with Gasteiger partial charge in [0.2, 0.25) is 0 Å². The summed E-state index contributed by atoms with van der Waals surface area (Å²) in [5, 5.41) is 17.6. The number of amides is 2. The van der Waals surface area contributed by atoms with Gasteiger partial charge < -0.3 is 10.2 Å². The monoisotopic (exact) mass is 457 g/mol. The molecule has 0 saturated carbocycles. The maximum atomic E-state index is 12.8. The van der Waals surface area contributed by atoms with Gasteiger partial charge in [-0.3, -0.25) is 19.7 Å². The number of hydrogen-bond donors (Lipinski definition) is 2. The van der Waals surface area contributed by atoms with E-state index in [1.54, 1.807) is 36.4 Å². The number of carbonyl (C=O) groups excluding carboxylic acids is 2. The Kier molecular flexibility index (Phi) is 7.85. The van der Waals surface area contributed by atoms with E-state index in [-0.39, 0.29) is 16.9 Å². The van der Waals surface area contributed by atoms with Crippen molar-refractivity contribution in [3.05, 3.63) is 111 Å². The molecule has 2 amide bonds. The van der Waals surface area contributed by atoms with Crippen LogP contribution < -0.4 is 15.6 Å². The van der Waals surface area contributed by atoms with Gasteiger partial charge in [-0.2, -0.15) is 5.10 Å². The number of carbonyl (C=O) groups is 2. The topological polar surface area (TPSA) is 117 Å². The van der Waals surface area contributed by atoms with Crippen molar-refractivity contribution in [2.45, 2.75) is 0 Å². The smallest absolute Gasteiger partial charge is 0.287 e. The van der Waals surface area contributed by atoms with E-state index in [1.165, 1.54) is 30.5 Å². The number of nitrogens with one attached hydrogen (secondary N) is 2. The van der Waals surface area contributed by atoms with Crippen molar-refractivity contribution < 1.29 is 14.5 Å². The number of nitro benzene ring substituents is 1. The standard InChI is InChI=1S/C25H23N5O4/c1-29(2)21-14-12-18(13-15-21)16-22(27-24(31)19-8-4-3-5-9-19)25(32)28-26-17-20-10-6-7-11-23(20)30(33)34/h3-17H,1-2H3,(H,27,31)(H,28,32)/b22-16-,26-17-. The molecule has 0 bridgehead atoms. The molecule has 0 atom stereocenters. The number of para-hydroxylation sites is 1. The number of hydrazone groups is 1. The van der Waals surface area contributed by atoms with Crippen molar-refractivity contribution in [2.24, 2.45) is 5.10 Å². The third-order valence-corrected chi connectivity index (χ3v) is 4.75. The molecular weight excluding hydrogens is 434 g/mol. The molecule has 3 aromatic carbocycles. The van der Waals surface area contributed by atoms with E-state index in [1.807, 2.05) is 43.3 Å². The van der Waals surface area contributed by atoms with Crippen molar-refractivity contribution in [3.63, 3.8) is 0 Å². The quantitative estimate of drug-likeness (QED) is 0.232. The number of hydrogen-bond acceptors (Lipinski definition) is 6. The number of benzene rings is 3. The molecule has 0 saturated heterocycles. The van der Waals surface area contributed by atoms with Crippen LogP contribution in [0.4, 0.5) is 11.4 Å². The minimum atomic E-state index is -0.684. The Bertz CT molecular complexity index is 1240. The van der Waals surface area contributed by atoms with E-state index in [0.717, 1.165) is 5.69 Å². The van der Waals surface area contributed by atoms with Crippen LogP contribution >= 0.6 is 0 Å². The first-order valence-electron chi connectivity index (χ1n) is 10.3. The van der Waals surface area contributed by atoms with E-state index in [2.05, 4.69) is 15.8 Å². The molecule has 3 rings (SSSR count). The highest BCUT2D eigenvalue weighted by Crippen LogP contribution is 2.16. The van der Waals surface area contributed by atoms with Crippen LogP contribution in [0.3, 0.4) is 0 Å². The molecule has 9 nitrogen and oxygen atoms in total. The second-order valence-corrected chi connectivity index (χ2v) is 7.38. The fourth-order valence-electron chi connectivity index (χ4n) is 2.96. The molecule has 9 heteroatoms. The van der Waals surface area contributed by atoms with E-state index >= 15 is 0 Å². The molecule has 172 valence electrons. The van der Waals surface area contributed by atoms with E-state index < -0.39 is 16.7 Å². The zero-order chi connectivity index (χ0) is 24.5. The maximum Gasteiger partial charge on any atom is 0.287 e. The van der Waals surface area contributed by atoms with Gasteiger partial charge >= 0.3 is 0 Å². The molecule has 0 radical (unpaired) electrons. The van der Waals surface area contributed by atoms with Gasteiger partial charge in [0.05, 0.1) is 16.7 Å². The van der Waals surface area contributed by atoms with Gasteiger partial charge in [0.1, 0.15) is 5.70 Å². The first kappa shape index (κ1) is 23.9. The molecule has 3 aromatic rings. The summed E-state index contributed by atoms with van der Waals surface area (Å²) in [6, 6.07) is 21.9. The Hall–Kier alpha value is -4.79. The fraction of sp³-hybridized carbons (Fsp3) is 0.0800. The lowest BCUT2D eigenvalue weighted by atomic mass is 10.1. The lowest BCUT2D eigenvalue weighted by Crippen LogP contribution is -2.32. The summed E-state index contributed by atoms with van der Waals surface area (Å²) >= 11 is 0. The Morgan fingerprint density at radius 3 is 2.24 bits per heavy atom. The van der Waals surface area contributed by atoms with E-state index in [4.69, 9.17) is 0 Å². The number of nitro groups is 1. The SMILES string of the molecule is CN(C)c1ccc(/C=C(\NC(=O)c2ccccc2)C(=O)N/N=C\c2ccccc2[N+](=O)[O-])cc1. The highest BCUT2D eigenvalue weighted by Gasteiger charge is 2.15. The van der Waals surface area contributed by atoms with Crippen molar-refractivity contribution in [1.82, 2.24) is 10.7 Å². The molecular formula is C25H23N5O4. The lowest BCUT2D eigenvalue weighted by Gasteiger charge is -2.12. The predicted molar refractivity (Wildman–Crippen MR) is 131 cm³/mol. The zero-order valence-electron chi connectivity index (χ0n) is 18.6. The number of nitrogens with zero attached hydrogens (tertiary/aromatic N) is 3. The molecule has 0 heterocycles. The van der Waals surface area contributed by atoms with E-state index in [0.29, 0.717) is 11.1 Å². The lowest BCUT2D eigenvalue weighted by molar-refractivity contribution is -0.385. The van der Waals surface area contributed by atoms with Crippen molar-refractivity contribution in [1.29, 1.82) is 0 Å². The van der Waals surface area contributed by atoms with Crippen molar-refractivity contribution in [3.8, 4) is 0 Å². The van der Waals surface area contributed by atoms with Gasteiger partial charge in [-0.1, -0.05) is 42.5 Å². The summed E-state index contributed by atoms with van der Waals surface area (Å²) < 4.78 is 0. The minimum absolute atomic E-state index is 0.0360. The molecule has 0 fully saturated rings. The summed E-state index contributed by atoms with van der Waals surface area (Å²) in [5.41, 5.74) is 4.41. The Labute approximate surface area is 196 Å². The highest BCUT2D eigenvalue weighted by atomic mass is 16.6. The molecule has 0 aliphatic rings. The Morgan fingerprint density at radius 2 is 1.59 bits per heavy atom. The Morgan fingerprint density at radius 1 is 0.941 bits per heavy atom.